The van der Waals surface area contributed by atoms with Gasteiger partial charge in [-0.15, -0.1) is 11.3 Å². The van der Waals surface area contributed by atoms with Crippen LogP contribution in [0.1, 0.15) is 76.9 Å². The third kappa shape index (κ3) is 9.24. The Morgan fingerprint density at radius 2 is 1.31 bits per heavy atom. The average Bonchev–Trinajstić information content (AvgIpc) is 3.81. The van der Waals surface area contributed by atoms with Crippen LogP contribution in [-0.4, -0.2) is 79.8 Å². The second kappa shape index (κ2) is 18.4. The maximum atomic E-state index is 15.3. The molecule has 58 heavy (non-hydrogen) atoms. The standard InChI is InChI=1S/C29H38FN3O6P2S.C8H16O6P2/c1-18-19(2)37-40(34,36-18)29(6,41(35)38-20(3)21(4)39-41)24-10-11-25(30)27(17-24)33(7)16-8-9-26-22(5)42-28(32-26)23-12-14-31-15-13-23;1-8(15(9)11-4-2-5-12-15)16(10)13-6-3-7-14-16/h10-15,17-21H,8-9,16H2,1-7H3;8H,2-7H2,1H3. The number of anilines is 1. The predicted molar refractivity (Wildman–Crippen MR) is 221 cm³/mol. The molecule has 2 aromatic heterocycles. The van der Waals surface area contributed by atoms with E-state index < -0.39 is 70.9 Å². The molecule has 0 N–H and O–H groups in total. The molecular formula is C37H54FN3O12P4S. The van der Waals surface area contributed by atoms with Crippen LogP contribution in [0.3, 0.4) is 0 Å². The minimum Gasteiger partial charge on any atom is -0.372 e. The molecule has 21 heteroatoms. The number of rotatable bonds is 11. The Balaban J connectivity index is 0.000000295. The van der Waals surface area contributed by atoms with Gasteiger partial charge in [-0.1, -0.05) is 6.07 Å². The third-order valence-electron chi connectivity index (χ3n) is 10.8. The number of nitrogens with zero attached hydrogens (tertiary/aromatic N) is 3. The van der Waals surface area contributed by atoms with Crippen LogP contribution in [0.25, 0.3) is 10.6 Å². The van der Waals surface area contributed by atoms with Gasteiger partial charge in [0.1, 0.15) is 10.8 Å². The zero-order valence-corrected chi connectivity index (χ0v) is 38.5. The van der Waals surface area contributed by atoms with Gasteiger partial charge < -0.3 is 41.1 Å². The van der Waals surface area contributed by atoms with E-state index >= 15 is 4.39 Å². The molecule has 15 nitrogen and oxygen atoms in total. The summed E-state index contributed by atoms with van der Waals surface area (Å²) in [5.74, 6) is -0.463. The Hall–Kier alpha value is -1.67. The normalized spacial score (nSPS) is 30.4. The summed E-state index contributed by atoms with van der Waals surface area (Å²) in [5.41, 5.74) is 2.61. The van der Waals surface area contributed by atoms with Crippen LogP contribution < -0.4 is 4.90 Å². The van der Waals surface area contributed by atoms with Gasteiger partial charge in [-0.3, -0.25) is 23.2 Å². The summed E-state index contributed by atoms with van der Waals surface area (Å²) in [7, 11) is -13.1. The quantitative estimate of drug-likeness (QED) is 0.166. The summed E-state index contributed by atoms with van der Waals surface area (Å²) < 4.78 is 113. The van der Waals surface area contributed by atoms with Crippen LogP contribution in [-0.2, 0) is 65.8 Å². The number of aryl methyl sites for hydroxylation is 2. The summed E-state index contributed by atoms with van der Waals surface area (Å²) >= 11 is 1.64. The number of hydrogen-bond donors (Lipinski definition) is 0. The lowest BCUT2D eigenvalue weighted by molar-refractivity contribution is 0.127. The smallest absolute Gasteiger partial charge is 0.353 e. The molecule has 7 rings (SSSR count). The molecule has 4 unspecified atom stereocenters. The SMILES string of the molecule is CC(P1(=O)OCCCO1)P1(=O)OCCCO1.Cc1sc(-c2ccncc2)nc1CCCN(C)c1cc(C(C)(P2(=O)OC(C)C(C)O2)P2(=O)OC(C)C(C)O2)ccc1F. The van der Waals surface area contributed by atoms with E-state index in [0.717, 1.165) is 34.0 Å². The molecule has 4 aliphatic heterocycles. The van der Waals surface area contributed by atoms with Crippen LogP contribution in [0.15, 0.2) is 42.7 Å². The molecule has 0 amide bonds. The van der Waals surface area contributed by atoms with Crippen LogP contribution in [0.4, 0.5) is 10.1 Å². The van der Waals surface area contributed by atoms with Crippen molar-refractivity contribution in [2.45, 2.75) is 109 Å². The molecule has 4 atom stereocenters. The molecule has 0 saturated carbocycles. The molecule has 1 aromatic carbocycles. The molecule has 0 aliphatic carbocycles. The Labute approximate surface area is 344 Å². The zero-order chi connectivity index (χ0) is 42.1. The maximum absolute atomic E-state index is 15.3. The topological polar surface area (TPSA) is 171 Å². The first-order chi connectivity index (χ1) is 27.3. The average molecular weight is 908 g/mol. The molecule has 0 bridgehead atoms. The van der Waals surface area contributed by atoms with Gasteiger partial charge in [0, 0.05) is 36.4 Å². The highest BCUT2D eigenvalue weighted by molar-refractivity contribution is 7.74. The molecular weight excluding hydrogens is 853 g/mol. The van der Waals surface area contributed by atoms with E-state index in [0.29, 0.717) is 51.4 Å². The van der Waals surface area contributed by atoms with Gasteiger partial charge in [0.15, 0.2) is 10.3 Å². The lowest BCUT2D eigenvalue weighted by Gasteiger charge is -2.37. The summed E-state index contributed by atoms with van der Waals surface area (Å²) in [4.78, 5) is 10.0. The van der Waals surface area contributed by atoms with Crippen molar-refractivity contribution in [3.8, 4) is 10.6 Å². The molecule has 0 radical (unpaired) electrons. The van der Waals surface area contributed by atoms with Crippen molar-refractivity contribution in [3.05, 3.63) is 64.7 Å². The Morgan fingerprint density at radius 3 is 1.79 bits per heavy atom. The van der Waals surface area contributed by atoms with E-state index in [1.54, 1.807) is 69.4 Å². The lowest BCUT2D eigenvalue weighted by atomic mass is 10.1. The van der Waals surface area contributed by atoms with E-state index in [1.165, 1.54) is 26.0 Å². The number of thiazole rings is 1. The fourth-order valence-corrected chi connectivity index (χ4v) is 18.4. The van der Waals surface area contributed by atoms with E-state index in [-0.39, 0.29) is 5.69 Å². The van der Waals surface area contributed by atoms with Gasteiger partial charge in [-0.05, 0) is 104 Å². The van der Waals surface area contributed by atoms with Crippen LogP contribution in [0.2, 0.25) is 0 Å². The highest BCUT2D eigenvalue weighted by Crippen LogP contribution is 2.86. The van der Waals surface area contributed by atoms with Crippen molar-refractivity contribution in [2.24, 2.45) is 0 Å². The Morgan fingerprint density at radius 1 is 0.828 bits per heavy atom. The number of halogens is 1. The van der Waals surface area contributed by atoms with E-state index in [9.17, 15) is 18.3 Å². The molecule has 3 aromatic rings. The zero-order valence-electron chi connectivity index (χ0n) is 34.1. The molecule has 4 aliphatic rings. The van der Waals surface area contributed by atoms with E-state index in [2.05, 4.69) is 11.9 Å². The van der Waals surface area contributed by atoms with Gasteiger partial charge in [0.2, 0.25) is 0 Å². The van der Waals surface area contributed by atoms with Gasteiger partial charge in [0.05, 0.1) is 62.2 Å². The van der Waals surface area contributed by atoms with Crippen molar-refractivity contribution in [3.63, 3.8) is 0 Å². The van der Waals surface area contributed by atoms with Crippen molar-refractivity contribution >= 4 is 47.4 Å². The summed E-state index contributed by atoms with van der Waals surface area (Å²) in [6, 6.07) is 8.19. The number of pyridine rings is 1. The molecule has 0 spiro atoms. The summed E-state index contributed by atoms with van der Waals surface area (Å²) in [6.07, 6.45) is 4.31. The fourth-order valence-electron chi connectivity index (χ4n) is 6.69. The monoisotopic (exact) mass is 907 g/mol. The van der Waals surface area contributed by atoms with Crippen molar-refractivity contribution in [2.75, 3.05) is 44.9 Å². The molecule has 4 fully saturated rings. The van der Waals surface area contributed by atoms with Gasteiger partial charge in [0.25, 0.3) is 0 Å². The number of benzene rings is 1. The van der Waals surface area contributed by atoms with Crippen molar-refractivity contribution in [1.29, 1.82) is 0 Å². The Kier molecular flexibility index (Phi) is 14.5. The van der Waals surface area contributed by atoms with Crippen LogP contribution in [0.5, 0.6) is 0 Å². The van der Waals surface area contributed by atoms with Gasteiger partial charge >= 0.3 is 30.4 Å². The number of aromatic nitrogens is 2. The second-order valence-corrected chi connectivity index (χ2v) is 26.3. The Bertz CT molecular complexity index is 2000. The second-order valence-electron chi connectivity index (χ2n) is 15.0. The van der Waals surface area contributed by atoms with Crippen molar-refractivity contribution < 1.29 is 58.8 Å². The summed E-state index contributed by atoms with van der Waals surface area (Å²) in [5, 5.41) is 0.0987. The van der Waals surface area contributed by atoms with Gasteiger partial charge in [-0.25, -0.2) is 9.37 Å². The largest absolute Gasteiger partial charge is 0.372 e. The third-order valence-corrected chi connectivity index (χ3v) is 24.1. The summed E-state index contributed by atoms with van der Waals surface area (Å²) in [6.45, 7) is 14.1. The first-order valence-electron chi connectivity index (χ1n) is 19.4. The fraction of sp³-hybridized carbons (Fsp3) is 0.622. The van der Waals surface area contributed by atoms with Crippen LogP contribution in [0, 0.1) is 12.7 Å². The van der Waals surface area contributed by atoms with Crippen molar-refractivity contribution in [1.82, 2.24) is 9.97 Å². The highest BCUT2D eigenvalue weighted by atomic mass is 32.1. The molecule has 6 heterocycles. The minimum absolute atomic E-state index is 0.269. The minimum atomic E-state index is -4.11. The predicted octanol–water partition coefficient (Wildman–Crippen LogP) is 10.5. The van der Waals surface area contributed by atoms with Crippen LogP contribution >= 0.6 is 41.7 Å². The van der Waals surface area contributed by atoms with E-state index in [1.807, 2.05) is 12.1 Å². The van der Waals surface area contributed by atoms with E-state index in [4.69, 9.17) is 41.2 Å². The molecule has 4 saturated heterocycles. The first kappa shape index (κ1) is 45.8. The van der Waals surface area contributed by atoms with Gasteiger partial charge in [-0.2, -0.15) is 0 Å². The molecule has 322 valence electrons. The first-order valence-corrected chi connectivity index (χ1v) is 26.6. The maximum Gasteiger partial charge on any atom is 0.353 e. The lowest BCUT2D eigenvalue weighted by Crippen LogP contribution is -2.26. The highest BCUT2D eigenvalue weighted by Gasteiger charge is 2.69. The number of hydrogen-bond acceptors (Lipinski definition) is 16.